The summed E-state index contributed by atoms with van der Waals surface area (Å²) in [6, 6.07) is 6.34. The molecule has 6 heteroatoms. The normalized spacial score (nSPS) is 16.8. The van der Waals surface area contributed by atoms with Gasteiger partial charge in [0, 0.05) is 25.0 Å². The van der Waals surface area contributed by atoms with Crippen LogP contribution in [0, 0.1) is 5.92 Å². The van der Waals surface area contributed by atoms with Gasteiger partial charge in [0.05, 0.1) is 0 Å². The van der Waals surface area contributed by atoms with Crippen LogP contribution < -0.4 is 10.1 Å². The molecule has 6 nitrogen and oxygen atoms in total. The minimum Gasteiger partial charge on any atom is -0.508 e. The van der Waals surface area contributed by atoms with E-state index < -0.39 is 6.10 Å². The highest BCUT2D eigenvalue weighted by Gasteiger charge is 2.26. The fourth-order valence-electron chi connectivity index (χ4n) is 2.71. The zero-order valence-corrected chi connectivity index (χ0v) is 14.5. The molecule has 0 bridgehead atoms. The first-order valence-electron chi connectivity index (χ1n) is 8.41. The first-order valence-corrected chi connectivity index (χ1v) is 8.41. The largest absolute Gasteiger partial charge is 0.508 e. The monoisotopic (exact) mass is 334 g/mol. The molecule has 24 heavy (non-hydrogen) atoms. The van der Waals surface area contributed by atoms with Gasteiger partial charge in [0.1, 0.15) is 11.5 Å². The minimum absolute atomic E-state index is 0.00914. The molecule has 0 radical (unpaired) electrons. The standard InChI is InChI=1S/C18H26N2O4/c1-12(2)18(23)20-10-8-14(9-11-20)19-17(22)13(3)24-16-6-4-15(21)5-7-16/h4-7,12-14,21H,8-11H2,1-3H3,(H,19,22). The molecule has 0 aromatic heterocycles. The van der Waals surface area contributed by atoms with Gasteiger partial charge in [0.2, 0.25) is 5.91 Å². The van der Waals surface area contributed by atoms with Crippen molar-refractivity contribution in [3.63, 3.8) is 0 Å². The van der Waals surface area contributed by atoms with Crippen LogP contribution in [0.15, 0.2) is 24.3 Å². The predicted molar refractivity (Wildman–Crippen MR) is 90.8 cm³/mol. The number of nitrogens with one attached hydrogen (secondary N) is 1. The predicted octanol–water partition coefficient (Wildman–Crippen LogP) is 1.92. The zero-order chi connectivity index (χ0) is 17.7. The summed E-state index contributed by atoms with van der Waals surface area (Å²) >= 11 is 0. The van der Waals surface area contributed by atoms with E-state index in [1.165, 1.54) is 12.1 Å². The number of phenolic OH excluding ortho intramolecular Hbond substituents is 1. The maximum atomic E-state index is 12.2. The molecule has 2 N–H and O–H groups in total. The Kier molecular flexibility index (Phi) is 6.06. The number of hydrogen-bond acceptors (Lipinski definition) is 4. The molecule has 1 aromatic carbocycles. The van der Waals surface area contributed by atoms with Gasteiger partial charge in [-0.05, 0) is 44.0 Å². The van der Waals surface area contributed by atoms with E-state index in [1.54, 1.807) is 19.1 Å². The lowest BCUT2D eigenvalue weighted by Crippen LogP contribution is -2.49. The van der Waals surface area contributed by atoms with Crippen LogP contribution in [0.2, 0.25) is 0 Å². The average Bonchev–Trinajstić information content (AvgIpc) is 2.56. The Balaban J connectivity index is 1.78. The van der Waals surface area contributed by atoms with Gasteiger partial charge in [-0.3, -0.25) is 9.59 Å². The van der Waals surface area contributed by atoms with Crippen LogP contribution in [0.5, 0.6) is 11.5 Å². The van der Waals surface area contributed by atoms with Crippen LogP contribution in [-0.2, 0) is 9.59 Å². The molecule has 0 spiro atoms. The molecule has 132 valence electrons. The number of carbonyl (C=O) groups is 2. The number of aromatic hydroxyl groups is 1. The number of carbonyl (C=O) groups excluding carboxylic acids is 2. The summed E-state index contributed by atoms with van der Waals surface area (Å²) in [6.07, 6.45) is 0.900. The van der Waals surface area contributed by atoms with Gasteiger partial charge in [-0.1, -0.05) is 13.8 Å². The van der Waals surface area contributed by atoms with Gasteiger partial charge in [0.15, 0.2) is 6.10 Å². The lowest BCUT2D eigenvalue weighted by Gasteiger charge is -2.33. The summed E-state index contributed by atoms with van der Waals surface area (Å²) in [5.74, 6) is 0.699. The molecule has 1 unspecified atom stereocenters. The van der Waals surface area contributed by atoms with E-state index in [4.69, 9.17) is 4.74 Å². The summed E-state index contributed by atoms with van der Waals surface area (Å²) in [6.45, 7) is 6.85. The highest BCUT2D eigenvalue weighted by Crippen LogP contribution is 2.18. The Morgan fingerprint density at radius 1 is 1.17 bits per heavy atom. The molecule has 0 saturated carbocycles. The Morgan fingerprint density at radius 3 is 2.29 bits per heavy atom. The summed E-state index contributed by atoms with van der Waals surface area (Å²) in [4.78, 5) is 26.1. The Labute approximate surface area is 142 Å². The lowest BCUT2D eigenvalue weighted by molar-refractivity contribution is -0.135. The number of benzene rings is 1. The number of piperidine rings is 1. The topological polar surface area (TPSA) is 78.9 Å². The Hall–Kier alpha value is -2.24. The van der Waals surface area contributed by atoms with Crippen LogP contribution in [0.3, 0.4) is 0 Å². The van der Waals surface area contributed by atoms with Crippen LogP contribution in [0.25, 0.3) is 0 Å². The molecule has 1 heterocycles. The van der Waals surface area contributed by atoms with E-state index >= 15 is 0 Å². The van der Waals surface area contributed by atoms with Crippen molar-refractivity contribution in [2.45, 2.75) is 45.8 Å². The second-order valence-electron chi connectivity index (χ2n) is 6.52. The number of phenols is 1. The van der Waals surface area contributed by atoms with Crippen molar-refractivity contribution in [1.82, 2.24) is 10.2 Å². The van der Waals surface area contributed by atoms with E-state index in [0.29, 0.717) is 18.8 Å². The summed E-state index contributed by atoms with van der Waals surface area (Å²) in [5, 5.41) is 12.2. The van der Waals surface area contributed by atoms with Crippen molar-refractivity contribution in [2.75, 3.05) is 13.1 Å². The quantitative estimate of drug-likeness (QED) is 0.862. The van der Waals surface area contributed by atoms with Crippen molar-refractivity contribution in [2.24, 2.45) is 5.92 Å². The minimum atomic E-state index is -0.620. The van der Waals surface area contributed by atoms with Crippen LogP contribution in [0.4, 0.5) is 0 Å². The van der Waals surface area contributed by atoms with Crippen LogP contribution in [0.1, 0.15) is 33.6 Å². The van der Waals surface area contributed by atoms with Gasteiger partial charge >= 0.3 is 0 Å². The third-order valence-corrected chi connectivity index (χ3v) is 4.17. The van der Waals surface area contributed by atoms with Crippen molar-refractivity contribution in [1.29, 1.82) is 0 Å². The molecular formula is C18H26N2O4. The Morgan fingerprint density at radius 2 is 1.75 bits per heavy atom. The molecular weight excluding hydrogens is 308 g/mol. The van der Waals surface area contributed by atoms with Crippen molar-refractivity contribution < 1.29 is 19.4 Å². The lowest BCUT2D eigenvalue weighted by atomic mass is 10.0. The number of amides is 2. The first kappa shape index (κ1) is 18.1. The maximum Gasteiger partial charge on any atom is 0.260 e. The SMILES string of the molecule is CC(C)C(=O)N1CCC(NC(=O)C(C)Oc2ccc(O)cc2)CC1. The second kappa shape index (κ2) is 8.04. The number of likely N-dealkylation sites (tertiary alicyclic amines) is 1. The fourth-order valence-corrected chi connectivity index (χ4v) is 2.71. The first-order chi connectivity index (χ1) is 11.4. The van der Waals surface area contributed by atoms with Crippen molar-refractivity contribution in [3.05, 3.63) is 24.3 Å². The molecule has 1 fully saturated rings. The molecule has 0 aliphatic carbocycles. The number of hydrogen-bond donors (Lipinski definition) is 2. The van der Waals surface area contributed by atoms with Gasteiger partial charge < -0.3 is 20.1 Å². The molecule has 2 amide bonds. The van der Waals surface area contributed by atoms with Crippen molar-refractivity contribution in [3.8, 4) is 11.5 Å². The summed E-state index contributed by atoms with van der Waals surface area (Å²) < 4.78 is 5.58. The van der Waals surface area contributed by atoms with E-state index in [-0.39, 0.29) is 29.5 Å². The highest BCUT2D eigenvalue weighted by atomic mass is 16.5. The number of ether oxygens (including phenoxy) is 1. The maximum absolute atomic E-state index is 12.2. The molecule has 1 aliphatic heterocycles. The van der Waals surface area contributed by atoms with Crippen LogP contribution in [-0.4, -0.2) is 47.1 Å². The van der Waals surface area contributed by atoms with Crippen LogP contribution >= 0.6 is 0 Å². The third-order valence-electron chi connectivity index (χ3n) is 4.17. The van der Waals surface area contributed by atoms with Gasteiger partial charge in [-0.15, -0.1) is 0 Å². The number of rotatable bonds is 5. The average molecular weight is 334 g/mol. The van der Waals surface area contributed by atoms with Crippen molar-refractivity contribution >= 4 is 11.8 Å². The highest BCUT2D eigenvalue weighted by molar-refractivity contribution is 5.81. The third kappa shape index (κ3) is 4.88. The molecule has 1 atom stereocenters. The Bertz CT molecular complexity index is 563. The van der Waals surface area contributed by atoms with Gasteiger partial charge in [-0.2, -0.15) is 0 Å². The van der Waals surface area contributed by atoms with Gasteiger partial charge in [0.25, 0.3) is 5.91 Å². The molecule has 1 aromatic rings. The number of nitrogens with zero attached hydrogens (tertiary/aromatic N) is 1. The molecule has 1 aliphatic rings. The van der Waals surface area contributed by atoms with E-state index in [0.717, 1.165) is 12.8 Å². The van der Waals surface area contributed by atoms with Gasteiger partial charge in [-0.25, -0.2) is 0 Å². The van der Waals surface area contributed by atoms with E-state index in [2.05, 4.69) is 5.32 Å². The molecule has 2 rings (SSSR count). The molecule has 1 saturated heterocycles. The summed E-state index contributed by atoms with van der Waals surface area (Å²) in [5.41, 5.74) is 0. The fraction of sp³-hybridized carbons (Fsp3) is 0.556. The summed E-state index contributed by atoms with van der Waals surface area (Å²) in [7, 11) is 0. The van der Waals surface area contributed by atoms with E-state index in [9.17, 15) is 14.7 Å². The van der Waals surface area contributed by atoms with E-state index in [1.807, 2.05) is 18.7 Å². The smallest absolute Gasteiger partial charge is 0.260 e. The zero-order valence-electron chi connectivity index (χ0n) is 14.5. The second-order valence-corrected chi connectivity index (χ2v) is 6.52.